The molecular weight excluding hydrogens is 304 g/mol. The zero-order chi connectivity index (χ0) is 15.7. The van der Waals surface area contributed by atoms with Gasteiger partial charge >= 0.3 is 0 Å². The number of nitrogens with zero attached hydrogens (tertiary/aromatic N) is 5. The Morgan fingerprint density at radius 2 is 2.00 bits per heavy atom. The van der Waals surface area contributed by atoms with Crippen LogP contribution in [0.15, 0.2) is 47.9 Å². The van der Waals surface area contributed by atoms with Crippen molar-refractivity contribution in [1.82, 2.24) is 24.5 Å². The maximum atomic E-state index is 12.3. The molecule has 0 spiro atoms. The van der Waals surface area contributed by atoms with Crippen LogP contribution in [-0.2, 0) is 24.1 Å². The SMILES string of the molecule is Cn1cc(S(=O)(=O)Nc2cccc(-c3ncn(C)n3)c2)cn1. The molecule has 2 aromatic heterocycles. The number of hydrogen-bond donors (Lipinski definition) is 1. The second kappa shape index (κ2) is 5.26. The van der Waals surface area contributed by atoms with Gasteiger partial charge in [-0.2, -0.15) is 10.2 Å². The minimum Gasteiger partial charge on any atom is -0.280 e. The first kappa shape index (κ1) is 14.3. The molecule has 1 N–H and O–H groups in total. The van der Waals surface area contributed by atoms with Gasteiger partial charge in [-0.25, -0.2) is 13.4 Å². The van der Waals surface area contributed by atoms with E-state index in [4.69, 9.17) is 0 Å². The van der Waals surface area contributed by atoms with Crippen LogP contribution >= 0.6 is 0 Å². The second-order valence-corrected chi connectivity index (χ2v) is 6.46. The van der Waals surface area contributed by atoms with Crippen molar-refractivity contribution < 1.29 is 8.42 Å². The summed E-state index contributed by atoms with van der Waals surface area (Å²) in [4.78, 5) is 4.25. The first-order chi connectivity index (χ1) is 10.4. The lowest BCUT2D eigenvalue weighted by Gasteiger charge is -2.07. The minimum absolute atomic E-state index is 0.108. The number of rotatable bonds is 4. The van der Waals surface area contributed by atoms with Crippen LogP contribution < -0.4 is 4.72 Å². The molecule has 114 valence electrons. The molecule has 0 aliphatic carbocycles. The number of aromatic nitrogens is 5. The van der Waals surface area contributed by atoms with Crippen LogP contribution in [0, 0.1) is 0 Å². The minimum atomic E-state index is -3.67. The smallest absolute Gasteiger partial charge is 0.265 e. The summed E-state index contributed by atoms with van der Waals surface area (Å²) < 4.78 is 30.1. The van der Waals surface area contributed by atoms with Crippen molar-refractivity contribution in [1.29, 1.82) is 0 Å². The molecule has 0 bridgehead atoms. The van der Waals surface area contributed by atoms with Gasteiger partial charge in [0.15, 0.2) is 5.82 Å². The maximum Gasteiger partial charge on any atom is 0.265 e. The molecule has 0 saturated heterocycles. The Bertz CT molecular complexity index is 912. The van der Waals surface area contributed by atoms with E-state index in [0.29, 0.717) is 11.5 Å². The van der Waals surface area contributed by atoms with Crippen molar-refractivity contribution in [2.45, 2.75) is 4.90 Å². The normalized spacial score (nSPS) is 11.5. The van der Waals surface area contributed by atoms with E-state index in [1.807, 2.05) is 6.07 Å². The fourth-order valence-electron chi connectivity index (χ4n) is 1.94. The molecule has 2 heterocycles. The van der Waals surface area contributed by atoms with E-state index < -0.39 is 10.0 Å². The third kappa shape index (κ3) is 2.84. The molecule has 0 fully saturated rings. The maximum absolute atomic E-state index is 12.3. The van der Waals surface area contributed by atoms with Crippen molar-refractivity contribution in [3.8, 4) is 11.4 Å². The molecule has 8 nitrogen and oxygen atoms in total. The predicted molar refractivity (Wildman–Crippen MR) is 80.5 cm³/mol. The van der Waals surface area contributed by atoms with Gasteiger partial charge in [-0.15, -0.1) is 0 Å². The van der Waals surface area contributed by atoms with Gasteiger partial charge in [0, 0.05) is 31.5 Å². The number of sulfonamides is 1. The van der Waals surface area contributed by atoms with Crippen molar-refractivity contribution in [3.05, 3.63) is 43.0 Å². The third-order valence-electron chi connectivity index (χ3n) is 2.96. The van der Waals surface area contributed by atoms with E-state index in [9.17, 15) is 8.42 Å². The quantitative estimate of drug-likeness (QED) is 0.775. The Balaban J connectivity index is 1.90. The fraction of sp³-hybridized carbons (Fsp3) is 0.154. The van der Waals surface area contributed by atoms with E-state index in [2.05, 4.69) is 19.9 Å². The summed E-state index contributed by atoms with van der Waals surface area (Å²) in [6.07, 6.45) is 4.32. The monoisotopic (exact) mass is 318 g/mol. The predicted octanol–water partition coefficient (Wildman–Crippen LogP) is 1.02. The summed E-state index contributed by atoms with van der Waals surface area (Å²) >= 11 is 0. The zero-order valence-corrected chi connectivity index (χ0v) is 12.8. The van der Waals surface area contributed by atoms with Crippen molar-refractivity contribution in [2.24, 2.45) is 14.1 Å². The molecule has 0 radical (unpaired) electrons. The number of hydrogen-bond acceptors (Lipinski definition) is 5. The van der Waals surface area contributed by atoms with Gasteiger partial charge < -0.3 is 0 Å². The fourth-order valence-corrected chi connectivity index (χ4v) is 2.98. The van der Waals surface area contributed by atoms with Crippen molar-refractivity contribution in [2.75, 3.05) is 4.72 Å². The van der Waals surface area contributed by atoms with Crippen LogP contribution in [-0.4, -0.2) is 33.0 Å². The van der Waals surface area contributed by atoms with Gasteiger partial charge in [0.05, 0.1) is 6.20 Å². The molecule has 0 amide bonds. The van der Waals surface area contributed by atoms with Gasteiger partial charge in [-0.05, 0) is 12.1 Å². The highest BCUT2D eigenvalue weighted by molar-refractivity contribution is 7.92. The molecule has 3 rings (SSSR count). The summed E-state index contributed by atoms with van der Waals surface area (Å²) in [5.74, 6) is 0.532. The van der Waals surface area contributed by atoms with Crippen LogP contribution in [0.5, 0.6) is 0 Å². The number of nitrogens with one attached hydrogen (secondary N) is 1. The van der Waals surface area contributed by atoms with Gasteiger partial charge in [-0.3, -0.25) is 14.1 Å². The highest BCUT2D eigenvalue weighted by atomic mass is 32.2. The molecular formula is C13H14N6O2S. The molecule has 22 heavy (non-hydrogen) atoms. The first-order valence-corrected chi connectivity index (χ1v) is 7.90. The third-order valence-corrected chi connectivity index (χ3v) is 4.30. The lowest BCUT2D eigenvalue weighted by molar-refractivity contribution is 0.601. The Morgan fingerprint density at radius 3 is 2.64 bits per heavy atom. The molecule has 3 aromatic rings. The van der Waals surface area contributed by atoms with E-state index in [0.717, 1.165) is 5.56 Å². The zero-order valence-electron chi connectivity index (χ0n) is 12.0. The Labute approximate surface area is 127 Å². The molecule has 1 aromatic carbocycles. The molecule has 9 heteroatoms. The lowest BCUT2D eigenvalue weighted by Crippen LogP contribution is -2.12. The number of aryl methyl sites for hydroxylation is 2. The standard InChI is InChI=1S/C13H14N6O2S/c1-18-8-12(7-15-18)22(20,21)17-11-5-3-4-10(6-11)13-14-9-19(2)16-13/h3-9,17H,1-2H3. The van der Waals surface area contributed by atoms with Crippen LogP contribution in [0.4, 0.5) is 5.69 Å². The molecule has 0 aliphatic rings. The second-order valence-electron chi connectivity index (χ2n) is 4.78. The van der Waals surface area contributed by atoms with Gasteiger partial charge in [0.2, 0.25) is 0 Å². The largest absolute Gasteiger partial charge is 0.280 e. The van der Waals surface area contributed by atoms with E-state index >= 15 is 0 Å². The highest BCUT2D eigenvalue weighted by Crippen LogP contribution is 2.21. The lowest BCUT2D eigenvalue weighted by atomic mass is 10.2. The van der Waals surface area contributed by atoms with Crippen LogP contribution in [0.3, 0.4) is 0 Å². The molecule has 0 saturated carbocycles. The summed E-state index contributed by atoms with van der Waals surface area (Å²) in [5, 5.41) is 8.06. The van der Waals surface area contributed by atoms with E-state index in [1.165, 1.54) is 17.1 Å². The Hall–Kier alpha value is -2.68. The Kier molecular flexibility index (Phi) is 3.41. The van der Waals surface area contributed by atoms with E-state index in [1.54, 1.807) is 43.3 Å². The first-order valence-electron chi connectivity index (χ1n) is 6.41. The molecule has 0 unspecified atom stereocenters. The van der Waals surface area contributed by atoms with Crippen molar-refractivity contribution >= 4 is 15.7 Å². The topological polar surface area (TPSA) is 94.7 Å². The summed E-state index contributed by atoms with van der Waals surface area (Å²) in [5.41, 5.74) is 1.17. The van der Waals surface area contributed by atoms with E-state index in [-0.39, 0.29) is 4.90 Å². The molecule has 0 aliphatic heterocycles. The van der Waals surface area contributed by atoms with Gasteiger partial charge in [-0.1, -0.05) is 12.1 Å². The van der Waals surface area contributed by atoms with Crippen LogP contribution in [0.1, 0.15) is 0 Å². The summed E-state index contributed by atoms with van der Waals surface area (Å²) in [6, 6.07) is 6.91. The number of benzene rings is 1. The van der Waals surface area contributed by atoms with Crippen LogP contribution in [0.2, 0.25) is 0 Å². The molecule has 0 atom stereocenters. The van der Waals surface area contributed by atoms with Gasteiger partial charge in [0.1, 0.15) is 11.2 Å². The average molecular weight is 318 g/mol. The van der Waals surface area contributed by atoms with Gasteiger partial charge in [0.25, 0.3) is 10.0 Å². The summed E-state index contributed by atoms with van der Waals surface area (Å²) in [6.45, 7) is 0. The number of anilines is 1. The highest BCUT2D eigenvalue weighted by Gasteiger charge is 2.16. The van der Waals surface area contributed by atoms with Crippen molar-refractivity contribution in [3.63, 3.8) is 0 Å². The summed E-state index contributed by atoms with van der Waals surface area (Å²) in [7, 11) is -0.237. The Morgan fingerprint density at radius 1 is 1.18 bits per heavy atom. The van der Waals surface area contributed by atoms with Crippen LogP contribution in [0.25, 0.3) is 11.4 Å². The average Bonchev–Trinajstić information content (AvgIpc) is 3.08.